The molecule has 0 spiro atoms. The quantitative estimate of drug-likeness (QED) is 0.749. The molecule has 1 N–H and O–H groups in total. The zero-order valence-electron chi connectivity index (χ0n) is 10.1. The number of aromatic nitrogens is 6. The molecule has 0 aliphatic rings. The topological polar surface area (TPSA) is 107 Å². The maximum Gasteiger partial charge on any atom is 0.355 e. The number of nitrogens with zero attached hydrogens (tertiary/aromatic N) is 6. The Morgan fingerprint density at radius 2 is 2.00 bits per heavy atom. The van der Waals surface area contributed by atoms with Crippen LogP contribution in [0.2, 0.25) is 0 Å². The Labute approximate surface area is 112 Å². The van der Waals surface area contributed by atoms with Crippen LogP contribution in [0, 0.1) is 0 Å². The summed E-state index contributed by atoms with van der Waals surface area (Å²) in [5, 5.41) is 20.5. The number of benzene rings is 1. The molecule has 3 aromatic rings. The molecule has 98 valence electrons. The number of tetrazole rings is 1. The van der Waals surface area contributed by atoms with Gasteiger partial charge in [0, 0.05) is 6.20 Å². The normalized spacial score (nSPS) is 10.4. The molecule has 0 aliphatic heterocycles. The van der Waals surface area contributed by atoms with Gasteiger partial charge >= 0.3 is 5.97 Å². The molecule has 1 aromatic carbocycles. The van der Waals surface area contributed by atoms with Gasteiger partial charge in [-0.15, -0.1) is 5.10 Å². The highest BCUT2D eigenvalue weighted by Gasteiger charge is 2.19. The number of carboxylic acids is 1. The summed E-state index contributed by atoms with van der Waals surface area (Å²) in [7, 11) is 0. The molecule has 2 heterocycles. The second-order valence-corrected chi connectivity index (χ2v) is 3.84. The lowest BCUT2D eigenvalue weighted by Gasteiger charge is -2.05. The van der Waals surface area contributed by atoms with E-state index in [9.17, 15) is 4.79 Å². The molecule has 0 aliphatic carbocycles. The van der Waals surface area contributed by atoms with Crippen molar-refractivity contribution in [3.8, 4) is 17.1 Å². The van der Waals surface area contributed by atoms with Crippen LogP contribution in [0.5, 0.6) is 0 Å². The number of rotatable bonds is 3. The minimum atomic E-state index is -1.16. The Hall–Kier alpha value is -3.16. The van der Waals surface area contributed by atoms with E-state index < -0.39 is 5.97 Å². The third kappa shape index (κ3) is 1.99. The SMILES string of the molecule is O=C(O)c1ncncc1-c1nnnn1-c1ccccc1. The first-order valence-corrected chi connectivity index (χ1v) is 5.65. The fourth-order valence-electron chi connectivity index (χ4n) is 1.76. The van der Waals surface area contributed by atoms with Crippen molar-refractivity contribution < 1.29 is 9.90 Å². The van der Waals surface area contributed by atoms with Gasteiger partial charge in [-0.3, -0.25) is 0 Å². The summed E-state index contributed by atoms with van der Waals surface area (Å²) in [6, 6.07) is 9.15. The Balaban J connectivity index is 2.18. The Bertz CT molecular complexity index is 755. The van der Waals surface area contributed by atoms with Crippen molar-refractivity contribution in [2.45, 2.75) is 0 Å². The van der Waals surface area contributed by atoms with Crippen LogP contribution in [0.3, 0.4) is 0 Å². The van der Waals surface area contributed by atoms with Crippen LogP contribution < -0.4 is 0 Å². The van der Waals surface area contributed by atoms with E-state index in [0.717, 1.165) is 0 Å². The van der Waals surface area contributed by atoms with Crippen LogP contribution in [-0.2, 0) is 0 Å². The van der Waals surface area contributed by atoms with Crippen LogP contribution in [0.15, 0.2) is 42.9 Å². The smallest absolute Gasteiger partial charge is 0.355 e. The van der Waals surface area contributed by atoms with Gasteiger partial charge in [-0.1, -0.05) is 18.2 Å². The minimum absolute atomic E-state index is 0.146. The Morgan fingerprint density at radius 1 is 1.20 bits per heavy atom. The molecular formula is C12H8N6O2. The van der Waals surface area contributed by atoms with Crippen LogP contribution >= 0.6 is 0 Å². The first kappa shape index (κ1) is 11.9. The molecule has 0 saturated carbocycles. The number of para-hydroxylation sites is 1. The molecule has 0 bridgehead atoms. The molecule has 0 amide bonds. The van der Waals surface area contributed by atoms with Gasteiger partial charge in [-0.25, -0.2) is 14.8 Å². The average Bonchev–Trinajstić information content (AvgIpc) is 2.97. The van der Waals surface area contributed by atoms with Crippen LogP contribution in [0.1, 0.15) is 10.5 Å². The highest BCUT2D eigenvalue weighted by Crippen LogP contribution is 2.20. The molecule has 0 radical (unpaired) electrons. The van der Waals surface area contributed by atoms with E-state index in [4.69, 9.17) is 5.11 Å². The summed E-state index contributed by atoms with van der Waals surface area (Å²) in [6.07, 6.45) is 2.55. The molecule has 0 fully saturated rings. The lowest BCUT2D eigenvalue weighted by Crippen LogP contribution is -2.07. The zero-order chi connectivity index (χ0) is 13.9. The van der Waals surface area contributed by atoms with Gasteiger partial charge in [0.25, 0.3) is 0 Å². The van der Waals surface area contributed by atoms with E-state index in [1.807, 2.05) is 30.3 Å². The highest BCUT2D eigenvalue weighted by molar-refractivity contribution is 5.92. The molecule has 0 atom stereocenters. The van der Waals surface area contributed by atoms with Gasteiger partial charge in [0.05, 0.1) is 11.3 Å². The molecule has 2 aromatic heterocycles. The molecule has 8 heteroatoms. The standard InChI is InChI=1S/C12H8N6O2/c19-12(20)10-9(6-13-7-14-10)11-15-16-17-18(11)8-4-2-1-3-5-8/h1-7H,(H,19,20). The van der Waals surface area contributed by atoms with Gasteiger partial charge in [0.1, 0.15) is 6.33 Å². The average molecular weight is 268 g/mol. The summed E-state index contributed by atoms with van der Waals surface area (Å²) in [5.74, 6) is -0.890. The third-order valence-corrected chi connectivity index (χ3v) is 2.63. The number of hydrogen-bond donors (Lipinski definition) is 1. The first-order chi connectivity index (χ1) is 9.77. The van der Waals surface area contributed by atoms with Gasteiger partial charge in [-0.2, -0.15) is 4.68 Å². The van der Waals surface area contributed by atoms with Gasteiger partial charge in [0.15, 0.2) is 11.5 Å². The minimum Gasteiger partial charge on any atom is -0.476 e. The number of carbonyl (C=O) groups is 1. The second-order valence-electron chi connectivity index (χ2n) is 3.84. The van der Waals surface area contributed by atoms with Crippen LogP contribution in [0.4, 0.5) is 0 Å². The van der Waals surface area contributed by atoms with E-state index in [0.29, 0.717) is 5.69 Å². The van der Waals surface area contributed by atoms with Crippen molar-refractivity contribution >= 4 is 5.97 Å². The molecule has 0 saturated heterocycles. The fraction of sp³-hybridized carbons (Fsp3) is 0. The Morgan fingerprint density at radius 3 is 2.75 bits per heavy atom. The van der Waals surface area contributed by atoms with E-state index in [-0.39, 0.29) is 17.1 Å². The van der Waals surface area contributed by atoms with Crippen molar-refractivity contribution in [3.05, 3.63) is 48.5 Å². The summed E-state index contributed by atoms with van der Waals surface area (Å²) in [5.41, 5.74) is 0.827. The monoisotopic (exact) mass is 268 g/mol. The predicted octanol–water partition coefficient (Wildman–Crippen LogP) is 0.817. The van der Waals surface area contributed by atoms with Gasteiger partial charge in [-0.05, 0) is 22.6 Å². The number of carboxylic acid groups (broad SMARTS) is 1. The largest absolute Gasteiger partial charge is 0.476 e. The van der Waals surface area contributed by atoms with Crippen molar-refractivity contribution in [3.63, 3.8) is 0 Å². The van der Waals surface area contributed by atoms with Gasteiger partial charge in [0.2, 0.25) is 0 Å². The third-order valence-electron chi connectivity index (χ3n) is 2.63. The summed E-state index contributed by atoms with van der Waals surface area (Å²) in [6.45, 7) is 0. The Kier molecular flexibility index (Phi) is 2.88. The maximum absolute atomic E-state index is 11.2. The number of hydrogen-bond acceptors (Lipinski definition) is 6. The maximum atomic E-state index is 11.2. The zero-order valence-corrected chi connectivity index (χ0v) is 10.1. The van der Waals surface area contributed by atoms with Crippen molar-refractivity contribution in [1.29, 1.82) is 0 Å². The summed E-state index contributed by atoms with van der Waals surface area (Å²) >= 11 is 0. The van der Waals surface area contributed by atoms with E-state index in [1.165, 1.54) is 17.2 Å². The lowest BCUT2D eigenvalue weighted by molar-refractivity contribution is 0.0691. The van der Waals surface area contributed by atoms with Crippen molar-refractivity contribution in [2.75, 3.05) is 0 Å². The van der Waals surface area contributed by atoms with Crippen LogP contribution in [-0.4, -0.2) is 41.3 Å². The number of aromatic carboxylic acids is 1. The van der Waals surface area contributed by atoms with E-state index in [1.54, 1.807) is 0 Å². The van der Waals surface area contributed by atoms with E-state index >= 15 is 0 Å². The van der Waals surface area contributed by atoms with Crippen molar-refractivity contribution in [1.82, 2.24) is 30.2 Å². The molecule has 20 heavy (non-hydrogen) atoms. The summed E-state index contributed by atoms with van der Waals surface area (Å²) in [4.78, 5) is 18.8. The highest BCUT2D eigenvalue weighted by atomic mass is 16.4. The van der Waals surface area contributed by atoms with Crippen LogP contribution in [0.25, 0.3) is 17.1 Å². The molecule has 3 rings (SSSR count). The fourth-order valence-corrected chi connectivity index (χ4v) is 1.76. The lowest BCUT2D eigenvalue weighted by atomic mass is 10.2. The molecule has 0 unspecified atom stereocenters. The van der Waals surface area contributed by atoms with Crippen molar-refractivity contribution in [2.24, 2.45) is 0 Å². The second kappa shape index (κ2) is 4.84. The van der Waals surface area contributed by atoms with Gasteiger partial charge < -0.3 is 5.11 Å². The summed E-state index contributed by atoms with van der Waals surface area (Å²) < 4.78 is 1.44. The molecule has 8 nitrogen and oxygen atoms in total. The van der Waals surface area contributed by atoms with E-state index in [2.05, 4.69) is 25.5 Å². The predicted molar refractivity (Wildman–Crippen MR) is 67.1 cm³/mol. The first-order valence-electron chi connectivity index (χ1n) is 5.65. The molecular weight excluding hydrogens is 260 g/mol.